The molecule has 0 amide bonds. The molecule has 0 heterocycles. The highest BCUT2D eigenvalue weighted by atomic mass is 19.4. The van der Waals surface area contributed by atoms with Gasteiger partial charge in [-0.05, 0) is 71.3 Å². The number of hydrogen-bond acceptors (Lipinski definition) is 4. The molecule has 1 aliphatic carbocycles. The van der Waals surface area contributed by atoms with Crippen LogP contribution < -0.4 is 4.74 Å². The lowest BCUT2D eigenvalue weighted by Gasteiger charge is -2.13. The fourth-order valence-electron chi connectivity index (χ4n) is 3.89. The first-order valence-electron chi connectivity index (χ1n) is 10.8. The molecule has 0 N–H and O–H groups in total. The molecule has 0 atom stereocenters. The number of benzene rings is 3. The minimum absolute atomic E-state index is 0.0246. The lowest BCUT2D eigenvalue weighted by atomic mass is 10.0. The largest absolute Gasteiger partial charge is 0.489 e. The maximum Gasteiger partial charge on any atom is 0.416 e. The van der Waals surface area contributed by atoms with Crippen molar-refractivity contribution in [2.24, 2.45) is 0 Å². The highest BCUT2D eigenvalue weighted by Gasteiger charge is 2.37. The van der Waals surface area contributed by atoms with Gasteiger partial charge < -0.3 is 9.47 Å². The summed E-state index contributed by atoms with van der Waals surface area (Å²) in [5.41, 5.74) is -1.23. The average molecular weight is 520 g/mol. The number of fused-ring (bicyclic) bond motifs is 1. The number of methoxy groups -OCH3 is 1. The van der Waals surface area contributed by atoms with Gasteiger partial charge in [-0.3, -0.25) is 4.79 Å². The molecular weight excluding hydrogens is 502 g/mol. The highest BCUT2D eigenvalue weighted by molar-refractivity contribution is 6.15. The van der Waals surface area contributed by atoms with Crippen LogP contribution >= 0.6 is 0 Å². The van der Waals surface area contributed by atoms with Gasteiger partial charge in [0.15, 0.2) is 5.78 Å². The van der Waals surface area contributed by atoms with E-state index in [1.165, 1.54) is 13.2 Å². The fourth-order valence-corrected chi connectivity index (χ4v) is 3.89. The van der Waals surface area contributed by atoms with Crippen molar-refractivity contribution >= 4 is 17.8 Å². The maximum absolute atomic E-state index is 13.2. The molecule has 10 heteroatoms. The zero-order chi connectivity index (χ0) is 27.0. The van der Waals surface area contributed by atoms with E-state index in [2.05, 4.69) is 4.74 Å². The molecule has 0 spiro atoms. The second kappa shape index (κ2) is 9.76. The number of Topliss-reactive ketones (excluding diaryl/α,β-unsaturated/α-hetero) is 1. The van der Waals surface area contributed by atoms with Crippen LogP contribution in [-0.2, 0) is 30.1 Å². The molecule has 0 aromatic heterocycles. The van der Waals surface area contributed by atoms with E-state index in [0.29, 0.717) is 34.6 Å². The van der Waals surface area contributed by atoms with E-state index >= 15 is 0 Å². The van der Waals surface area contributed by atoms with Gasteiger partial charge in [0.05, 0.1) is 23.8 Å². The van der Waals surface area contributed by atoms with Gasteiger partial charge in [-0.25, -0.2) is 4.79 Å². The topological polar surface area (TPSA) is 52.6 Å². The first-order chi connectivity index (χ1) is 17.3. The number of halogens is 6. The van der Waals surface area contributed by atoms with Crippen LogP contribution in [0, 0.1) is 0 Å². The lowest BCUT2D eigenvalue weighted by Crippen LogP contribution is -2.11. The van der Waals surface area contributed by atoms with Crippen LogP contribution in [-0.4, -0.2) is 18.9 Å². The summed E-state index contributed by atoms with van der Waals surface area (Å²) in [6.45, 7) is 0.154. The predicted octanol–water partition coefficient (Wildman–Crippen LogP) is 6.91. The first kappa shape index (κ1) is 26.0. The van der Waals surface area contributed by atoms with E-state index in [1.54, 1.807) is 36.4 Å². The van der Waals surface area contributed by atoms with Crippen molar-refractivity contribution in [1.82, 2.24) is 0 Å². The Morgan fingerprint density at radius 1 is 0.892 bits per heavy atom. The predicted molar refractivity (Wildman–Crippen MR) is 121 cm³/mol. The van der Waals surface area contributed by atoms with Gasteiger partial charge in [0.25, 0.3) is 0 Å². The number of carbonyl (C=O) groups is 2. The molecule has 37 heavy (non-hydrogen) atoms. The Bertz CT molecular complexity index is 1350. The van der Waals surface area contributed by atoms with Crippen LogP contribution in [0.4, 0.5) is 26.3 Å². The highest BCUT2D eigenvalue weighted by Crippen LogP contribution is 2.38. The molecule has 4 nitrogen and oxygen atoms in total. The average Bonchev–Trinajstić information content (AvgIpc) is 3.15. The summed E-state index contributed by atoms with van der Waals surface area (Å²) in [6.07, 6.45) is -8.89. The number of alkyl halides is 6. The molecular formula is C27H18F6O4. The molecule has 0 aliphatic heterocycles. The van der Waals surface area contributed by atoms with E-state index < -0.39 is 35.2 Å². The van der Waals surface area contributed by atoms with Gasteiger partial charge in [-0.15, -0.1) is 0 Å². The zero-order valence-corrected chi connectivity index (χ0v) is 19.2. The van der Waals surface area contributed by atoms with Crippen LogP contribution in [0.1, 0.15) is 48.5 Å². The van der Waals surface area contributed by atoms with Crippen molar-refractivity contribution in [2.75, 3.05) is 7.11 Å². The summed E-state index contributed by atoms with van der Waals surface area (Å²) in [7, 11) is 1.28. The quantitative estimate of drug-likeness (QED) is 0.208. The lowest BCUT2D eigenvalue weighted by molar-refractivity contribution is -0.143. The zero-order valence-electron chi connectivity index (χ0n) is 19.2. The van der Waals surface area contributed by atoms with Crippen LogP contribution in [0.25, 0.3) is 6.08 Å². The SMILES string of the molecule is COC(=O)c1ccc(COc2ccc3c(c2)C/C(=C\c2cc(C(F)(F)F)cc(C(F)(F)F)c2)C3=O)cc1. The number of esters is 1. The monoisotopic (exact) mass is 520 g/mol. The summed E-state index contributed by atoms with van der Waals surface area (Å²) in [5.74, 6) is -0.534. The van der Waals surface area contributed by atoms with E-state index in [1.807, 2.05) is 0 Å². The minimum atomic E-state index is -4.98. The molecule has 0 radical (unpaired) electrons. The summed E-state index contributed by atoms with van der Waals surface area (Å²) < 4.78 is 89.4. The Labute approximate surface area is 207 Å². The van der Waals surface area contributed by atoms with Crippen LogP contribution in [0.15, 0.2) is 66.2 Å². The third-order valence-electron chi connectivity index (χ3n) is 5.73. The number of hydrogen-bond donors (Lipinski definition) is 0. The molecule has 192 valence electrons. The number of ether oxygens (including phenoxy) is 2. The van der Waals surface area contributed by atoms with Crippen molar-refractivity contribution in [1.29, 1.82) is 0 Å². The Balaban J connectivity index is 1.54. The number of carbonyl (C=O) groups excluding carboxylic acids is 2. The second-order valence-corrected chi connectivity index (χ2v) is 8.31. The van der Waals surface area contributed by atoms with E-state index in [4.69, 9.17) is 4.74 Å². The van der Waals surface area contributed by atoms with Gasteiger partial charge in [-0.1, -0.05) is 12.1 Å². The van der Waals surface area contributed by atoms with Gasteiger partial charge >= 0.3 is 18.3 Å². The number of rotatable bonds is 5. The third-order valence-corrected chi connectivity index (χ3v) is 5.73. The molecule has 0 unspecified atom stereocenters. The van der Waals surface area contributed by atoms with Crippen molar-refractivity contribution in [3.05, 3.63) is 105 Å². The number of ketones is 1. The standard InChI is InChI=1S/C27H18F6O4/c1-36-25(35)17-4-2-15(3-5-17)14-37-22-6-7-23-18(12-22)11-19(24(23)34)8-16-9-20(26(28,29)30)13-21(10-16)27(31,32)33/h2-10,12-13H,11,14H2,1H3/b19-8+. The summed E-state index contributed by atoms with van der Waals surface area (Å²) in [6, 6.07) is 12.4. The normalized spacial score (nSPS) is 14.6. The first-order valence-corrected chi connectivity index (χ1v) is 10.8. The molecule has 4 rings (SSSR count). The van der Waals surface area contributed by atoms with Crippen molar-refractivity contribution in [2.45, 2.75) is 25.4 Å². The molecule has 0 bridgehead atoms. The summed E-state index contributed by atoms with van der Waals surface area (Å²) >= 11 is 0. The van der Waals surface area contributed by atoms with Gasteiger partial charge in [0.2, 0.25) is 0 Å². The van der Waals surface area contributed by atoms with Crippen molar-refractivity contribution < 1.29 is 45.4 Å². The van der Waals surface area contributed by atoms with Gasteiger partial charge in [0, 0.05) is 17.6 Å². The Morgan fingerprint density at radius 3 is 2.08 bits per heavy atom. The fraction of sp³-hybridized carbons (Fsp3) is 0.185. The van der Waals surface area contributed by atoms with Crippen molar-refractivity contribution in [3.8, 4) is 5.75 Å². The molecule has 1 aliphatic rings. The van der Waals surface area contributed by atoms with E-state index in [-0.39, 0.29) is 30.2 Å². The second-order valence-electron chi connectivity index (χ2n) is 8.31. The Kier molecular flexibility index (Phi) is 6.86. The Morgan fingerprint density at radius 2 is 1.51 bits per heavy atom. The molecule has 0 fully saturated rings. The van der Waals surface area contributed by atoms with E-state index in [9.17, 15) is 35.9 Å². The van der Waals surface area contributed by atoms with Crippen LogP contribution in [0.2, 0.25) is 0 Å². The van der Waals surface area contributed by atoms with E-state index in [0.717, 1.165) is 11.6 Å². The van der Waals surface area contributed by atoms with Gasteiger partial charge in [-0.2, -0.15) is 26.3 Å². The smallest absolute Gasteiger partial charge is 0.416 e. The maximum atomic E-state index is 13.2. The molecule has 3 aromatic carbocycles. The molecule has 0 saturated carbocycles. The third kappa shape index (κ3) is 5.84. The van der Waals surface area contributed by atoms with Crippen LogP contribution in [0.3, 0.4) is 0 Å². The Hall–Kier alpha value is -4.08. The van der Waals surface area contributed by atoms with Crippen LogP contribution in [0.5, 0.6) is 5.75 Å². The number of allylic oxidation sites excluding steroid dienone is 1. The minimum Gasteiger partial charge on any atom is -0.489 e. The molecule has 0 saturated heterocycles. The summed E-state index contributed by atoms with van der Waals surface area (Å²) in [4.78, 5) is 24.3. The van der Waals surface area contributed by atoms with Gasteiger partial charge in [0.1, 0.15) is 12.4 Å². The van der Waals surface area contributed by atoms with Crippen molar-refractivity contribution in [3.63, 3.8) is 0 Å². The summed E-state index contributed by atoms with van der Waals surface area (Å²) in [5, 5.41) is 0. The molecule has 3 aromatic rings.